The van der Waals surface area contributed by atoms with Gasteiger partial charge in [-0.15, -0.1) is 0 Å². The number of benzene rings is 2. The Kier molecular flexibility index (Phi) is 5.90. The fourth-order valence-electron chi connectivity index (χ4n) is 2.38. The highest BCUT2D eigenvalue weighted by Crippen LogP contribution is 2.32. The number of fused-ring (bicyclic) bond motifs is 1. The summed E-state index contributed by atoms with van der Waals surface area (Å²) in [5, 5.41) is 2.54. The summed E-state index contributed by atoms with van der Waals surface area (Å²) in [5.41, 5.74) is 0.798. The molecule has 1 aliphatic heterocycles. The minimum Gasteiger partial charge on any atom is -0.465 e. The lowest BCUT2D eigenvalue weighted by Crippen LogP contribution is -2.34. The van der Waals surface area contributed by atoms with Gasteiger partial charge in [-0.2, -0.15) is 0 Å². The maximum absolute atomic E-state index is 13.8. The molecule has 0 spiro atoms. The molecule has 1 aliphatic rings. The van der Waals surface area contributed by atoms with Gasteiger partial charge >= 0.3 is 0 Å². The van der Waals surface area contributed by atoms with E-state index in [1.54, 1.807) is 12.1 Å². The Morgan fingerprint density at radius 1 is 1.22 bits per heavy atom. The molecular formula is C20H21FN2O4. The first-order chi connectivity index (χ1) is 13.0. The van der Waals surface area contributed by atoms with E-state index < -0.39 is 11.7 Å². The van der Waals surface area contributed by atoms with Crippen molar-refractivity contribution in [2.45, 2.75) is 20.4 Å². The van der Waals surface area contributed by atoms with E-state index in [9.17, 15) is 9.18 Å². The molecule has 0 atom stereocenters. The van der Waals surface area contributed by atoms with Gasteiger partial charge in [-0.05, 0) is 35.7 Å². The molecule has 1 heterocycles. The molecule has 0 aromatic heterocycles. The lowest BCUT2D eigenvalue weighted by molar-refractivity contribution is 0.0959. The standard InChI is InChI=1S/C20H21FN2O4/c1-13(2)11-25-20(23-19(24)15-5-3-4-6-16(15)21)22-10-14-7-8-17-18(9-14)27-12-26-17/h3-9,13H,10-12H2,1-2H3,(H,22,23,24). The van der Waals surface area contributed by atoms with Crippen LogP contribution < -0.4 is 14.8 Å². The van der Waals surface area contributed by atoms with Crippen molar-refractivity contribution in [2.75, 3.05) is 13.4 Å². The second kappa shape index (κ2) is 8.53. The fraction of sp³-hybridized carbons (Fsp3) is 0.300. The number of nitrogens with one attached hydrogen (secondary N) is 1. The van der Waals surface area contributed by atoms with E-state index in [0.717, 1.165) is 5.56 Å². The van der Waals surface area contributed by atoms with E-state index in [0.29, 0.717) is 18.1 Å². The number of hydrogen-bond donors (Lipinski definition) is 1. The summed E-state index contributed by atoms with van der Waals surface area (Å²) in [4.78, 5) is 16.7. The Morgan fingerprint density at radius 3 is 2.78 bits per heavy atom. The van der Waals surface area contributed by atoms with Crippen LogP contribution in [0.3, 0.4) is 0 Å². The number of carbonyl (C=O) groups excluding carboxylic acids is 1. The number of amides is 1. The number of nitrogens with zero attached hydrogens (tertiary/aromatic N) is 1. The molecule has 0 saturated heterocycles. The molecule has 0 bridgehead atoms. The maximum Gasteiger partial charge on any atom is 0.292 e. The van der Waals surface area contributed by atoms with Gasteiger partial charge in [0.15, 0.2) is 11.5 Å². The van der Waals surface area contributed by atoms with E-state index in [4.69, 9.17) is 14.2 Å². The summed E-state index contributed by atoms with van der Waals surface area (Å²) in [7, 11) is 0. The van der Waals surface area contributed by atoms with Crippen LogP contribution in [0.15, 0.2) is 47.5 Å². The average molecular weight is 372 g/mol. The Balaban J connectivity index is 1.73. The van der Waals surface area contributed by atoms with Gasteiger partial charge in [0.25, 0.3) is 11.9 Å². The molecule has 1 N–H and O–H groups in total. The van der Waals surface area contributed by atoms with Gasteiger partial charge in [0.1, 0.15) is 5.82 Å². The minimum absolute atomic E-state index is 0.0506. The van der Waals surface area contributed by atoms with E-state index in [1.807, 2.05) is 26.0 Å². The third kappa shape index (κ3) is 4.97. The van der Waals surface area contributed by atoms with Crippen LogP contribution in [0.1, 0.15) is 29.8 Å². The summed E-state index contributed by atoms with van der Waals surface area (Å²) in [6.07, 6.45) is 0. The highest BCUT2D eigenvalue weighted by molar-refractivity contribution is 6.04. The van der Waals surface area contributed by atoms with E-state index in [1.165, 1.54) is 18.2 Å². The van der Waals surface area contributed by atoms with Gasteiger partial charge in [0, 0.05) is 0 Å². The monoisotopic (exact) mass is 372 g/mol. The molecule has 1 amide bonds. The average Bonchev–Trinajstić information content (AvgIpc) is 3.11. The van der Waals surface area contributed by atoms with Crippen molar-refractivity contribution in [3.63, 3.8) is 0 Å². The molecule has 2 aromatic carbocycles. The minimum atomic E-state index is -0.610. The predicted molar refractivity (Wildman–Crippen MR) is 98.4 cm³/mol. The van der Waals surface area contributed by atoms with Gasteiger partial charge in [-0.1, -0.05) is 32.0 Å². The topological polar surface area (TPSA) is 69.2 Å². The summed E-state index contributed by atoms with van der Waals surface area (Å²) in [6.45, 7) is 4.80. The van der Waals surface area contributed by atoms with Crippen LogP contribution in [0.5, 0.6) is 11.5 Å². The van der Waals surface area contributed by atoms with Crippen LogP contribution in [0, 0.1) is 11.7 Å². The van der Waals surface area contributed by atoms with Crippen molar-refractivity contribution in [3.05, 3.63) is 59.4 Å². The molecular weight excluding hydrogens is 351 g/mol. The lowest BCUT2D eigenvalue weighted by atomic mass is 10.2. The van der Waals surface area contributed by atoms with Gasteiger partial charge in [-0.25, -0.2) is 9.38 Å². The number of halogens is 1. The van der Waals surface area contributed by atoms with Gasteiger partial charge in [0.2, 0.25) is 6.79 Å². The maximum atomic E-state index is 13.8. The first-order valence-corrected chi connectivity index (χ1v) is 8.64. The predicted octanol–water partition coefficient (Wildman–Crippen LogP) is 3.51. The van der Waals surface area contributed by atoms with Crippen LogP contribution in [-0.2, 0) is 11.3 Å². The highest BCUT2D eigenvalue weighted by atomic mass is 19.1. The van der Waals surface area contributed by atoms with Crippen molar-refractivity contribution in [3.8, 4) is 11.5 Å². The quantitative estimate of drug-likeness (QED) is 0.644. The smallest absolute Gasteiger partial charge is 0.292 e. The Labute approximate surface area is 157 Å². The zero-order chi connectivity index (χ0) is 19.2. The number of hydrogen-bond acceptors (Lipinski definition) is 5. The molecule has 2 aromatic rings. The zero-order valence-electron chi connectivity index (χ0n) is 15.2. The molecule has 0 saturated carbocycles. The van der Waals surface area contributed by atoms with Crippen LogP contribution >= 0.6 is 0 Å². The number of carbonyl (C=O) groups is 1. The first kappa shape index (κ1) is 18.7. The van der Waals surface area contributed by atoms with Crippen molar-refractivity contribution in [1.82, 2.24) is 5.32 Å². The second-order valence-electron chi connectivity index (χ2n) is 6.45. The van der Waals surface area contributed by atoms with Crippen molar-refractivity contribution in [1.29, 1.82) is 0 Å². The Hall–Kier alpha value is -3.09. The second-order valence-corrected chi connectivity index (χ2v) is 6.45. The number of ether oxygens (including phenoxy) is 3. The summed E-state index contributed by atoms with van der Waals surface area (Å²) in [5.74, 6) is 0.371. The molecule has 7 heteroatoms. The van der Waals surface area contributed by atoms with Crippen LogP contribution in [0.2, 0.25) is 0 Å². The largest absolute Gasteiger partial charge is 0.465 e. The van der Waals surface area contributed by atoms with Crippen molar-refractivity contribution in [2.24, 2.45) is 10.9 Å². The highest BCUT2D eigenvalue weighted by Gasteiger charge is 2.16. The summed E-state index contributed by atoms with van der Waals surface area (Å²) < 4.78 is 30.0. The third-order valence-corrected chi connectivity index (χ3v) is 3.73. The molecule has 0 aliphatic carbocycles. The lowest BCUT2D eigenvalue weighted by Gasteiger charge is -2.13. The normalized spacial score (nSPS) is 13.0. The number of aliphatic imine (C=N–C) groups is 1. The number of amidine groups is 1. The zero-order valence-corrected chi connectivity index (χ0v) is 15.2. The number of rotatable bonds is 5. The van der Waals surface area contributed by atoms with Crippen LogP contribution in [0.25, 0.3) is 0 Å². The van der Waals surface area contributed by atoms with Crippen LogP contribution in [-0.4, -0.2) is 25.3 Å². The van der Waals surface area contributed by atoms with Gasteiger partial charge in [0.05, 0.1) is 18.7 Å². The molecule has 142 valence electrons. The first-order valence-electron chi connectivity index (χ1n) is 8.64. The van der Waals surface area contributed by atoms with Gasteiger partial charge in [-0.3, -0.25) is 10.1 Å². The summed E-state index contributed by atoms with van der Waals surface area (Å²) in [6, 6.07) is 11.3. The van der Waals surface area contributed by atoms with Gasteiger partial charge < -0.3 is 14.2 Å². The molecule has 0 fully saturated rings. The third-order valence-electron chi connectivity index (χ3n) is 3.73. The fourth-order valence-corrected chi connectivity index (χ4v) is 2.38. The molecule has 3 rings (SSSR count). The van der Waals surface area contributed by atoms with Crippen LogP contribution in [0.4, 0.5) is 4.39 Å². The Bertz CT molecular complexity index is 852. The molecule has 0 unspecified atom stereocenters. The molecule has 0 radical (unpaired) electrons. The van der Waals surface area contributed by atoms with Crippen molar-refractivity contribution < 1.29 is 23.4 Å². The van der Waals surface area contributed by atoms with E-state index in [-0.39, 0.29) is 30.8 Å². The Morgan fingerprint density at radius 2 is 2.00 bits per heavy atom. The SMILES string of the molecule is CC(C)COC(=NCc1ccc2c(c1)OCO2)NC(=O)c1ccccc1F. The molecule has 27 heavy (non-hydrogen) atoms. The summed E-state index contributed by atoms with van der Waals surface area (Å²) >= 11 is 0. The van der Waals surface area contributed by atoms with E-state index in [2.05, 4.69) is 10.3 Å². The van der Waals surface area contributed by atoms with E-state index >= 15 is 0 Å². The molecule has 6 nitrogen and oxygen atoms in total. The van der Waals surface area contributed by atoms with Crippen molar-refractivity contribution >= 4 is 11.9 Å².